The zero-order valence-corrected chi connectivity index (χ0v) is 10.5. The Hall–Kier alpha value is -1.34. The van der Waals surface area contributed by atoms with E-state index in [1.165, 1.54) is 7.11 Å². The van der Waals surface area contributed by atoms with Gasteiger partial charge in [-0.25, -0.2) is 4.39 Å². The summed E-state index contributed by atoms with van der Waals surface area (Å²) in [5.74, 6) is -2.31. The number of phenolic OH excluding ortho intramolecular Hbond substituents is 1. The second kappa shape index (κ2) is 5.33. The van der Waals surface area contributed by atoms with Crippen LogP contribution in [0.15, 0.2) is 10.5 Å². The van der Waals surface area contributed by atoms with E-state index in [-0.39, 0.29) is 28.0 Å². The minimum absolute atomic E-state index is 0.0407. The van der Waals surface area contributed by atoms with E-state index in [2.05, 4.69) is 15.9 Å². The summed E-state index contributed by atoms with van der Waals surface area (Å²) in [4.78, 5) is 10.6. The third-order valence-corrected chi connectivity index (χ3v) is 3.03. The number of benzene rings is 1. The van der Waals surface area contributed by atoms with Gasteiger partial charge in [0.1, 0.15) is 11.9 Å². The number of ether oxygens (including phenoxy) is 1. The van der Waals surface area contributed by atoms with Crippen LogP contribution in [-0.2, 0) is 11.2 Å². The standard InChI is InChI=1S/C10H11BrFNO4/c1-17-9-7(14)3-5(12)4(8(9)11)2-6(13)10(15)16/h3,6,14H,2,13H2,1H3,(H,15,16). The molecule has 1 unspecified atom stereocenters. The molecule has 7 heteroatoms. The van der Waals surface area contributed by atoms with Gasteiger partial charge in [-0.1, -0.05) is 0 Å². The van der Waals surface area contributed by atoms with Gasteiger partial charge in [0.15, 0.2) is 11.5 Å². The van der Waals surface area contributed by atoms with Crippen molar-refractivity contribution in [3.8, 4) is 11.5 Å². The summed E-state index contributed by atoms with van der Waals surface area (Å²) in [5.41, 5.74) is 5.38. The number of aromatic hydroxyl groups is 1. The van der Waals surface area contributed by atoms with Gasteiger partial charge in [0.05, 0.1) is 11.6 Å². The molecule has 1 aromatic carbocycles. The average Bonchev–Trinajstić information content (AvgIpc) is 2.24. The number of carboxylic acid groups (broad SMARTS) is 1. The van der Waals surface area contributed by atoms with Gasteiger partial charge in [-0.05, 0) is 15.9 Å². The van der Waals surface area contributed by atoms with Gasteiger partial charge in [0.25, 0.3) is 0 Å². The maximum atomic E-state index is 13.6. The van der Waals surface area contributed by atoms with E-state index >= 15 is 0 Å². The molecule has 0 aliphatic rings. The van der Waals surface area contributed by atoms with Crippen molar-refractivity contribution in [2.24, 2.45) is 5.73 Å². The number of hydrogen-bond donors (Lipinski definition) is 3. The number of nitrogens with two attached hydrogens (primary N) is 1. The predicted molar refractivity (Wildman–Crippen MR) is 61.6 cm³/mol. The van der Waals surface area contributed by atoms with E-state index in [4.69, 9.17) is 15.6 Å². The molecular formula is C10H11BrFNO4. The molecule has 0 spiro atoms. The van der Waals surface area contributed by atoms with Crippen LogP contribution in [0, 0.1) is 5.82 Å². The van der Waals surface area contributed by atoms with Crippen LogP contribution >= 0.6 is 15.9 Å². The number of halogens is 2. The summed E-state index contributed by atoms with van der Waals surface area (Å²) in [7, 11) is 1.30. The van der Waals surface area contributed by atoms with Crippen molar-refractivity contribution in [2.45, 2.75) is 12.5 Å². The topological polar surface area (TPSA) is 92.8 Å². The van der Waals surface area contributed by atoms with Gasteiger partial charge in [-0.15, -0.1) is 0 Å². The van der Waals surface area contributed by atoms with Crippen LogP contribution in [0.5, 0.6) is 11.5 Å². The monoisotopic (exact) mass is 307 g/mol. The molecule has 1 atom stereocenters. The molecule has 0 fully saturated rings. The molecular weight excluding hydrogens is 297 g/mol. The molecule has 0 aliphatic carbocycles. The van der Waals surface area contributed by atoms with Crippen LogP contribution in [0.2, 0.25) is 0 Å². The van der Waals surface area contributed by atoms with Crippen LogP contribution < -0.4 is 10.5 Å². The first-order chi connectivity index (χ1) is 7.88. The number of carboxylic acids is 1. The van der Waals surface area contributed by atoms with E-state index in [0.29, 0.717) is 0 Å². The van der Waals surface area contributed by atoms with Crippen LogP contribution in [-0.4, -0.2) is 29.3 Å². The largest absolute Gasteiger partial charge is 0.504 e. The summed E-state index contributed by atoms with van der Waals surface area (Å²) in [6, 6.07) is -0.372. The van der Waals surface area contributed by atoms with E-state index in [1.807, 2.05) is 0 Å². The highest BCUT2D eigenvalue weighted by atomic mass is 79.9. The summed E-state index contributed by atoms with van der Waals surface area (Å²) in [6.45, 7) is 0. The van der Waals surface area contributed by atoms with Crippen molar-refractivity contribution >= 4 is 21.9 Å². The number of aliphatic carboxylic acids is 1. The summed E-state index contributed by atoms with van der Waals surface area (Å²) in [6.07, 6.45) is -0.210. The number of phenols is 1. The van der Waals surface area contributed by atoms with E-state index in [0.717, 1.165) is 6.07 Å². The van der Waals surface area contributed by atoms with Gasteiger partial charge in [-0.2, -0.15) is 0 Å². The molecule has 0 saturated carbocycles. The Morgan fingerprint density at radius 3 is 2.76 bits per heavy atom. The van der Waals surface area contributed by atoms with Gasteiger partial charge in [0.2, 0.25) is 0 Å². The van der Waals surface area contributed by atoms with E-state index in [1.54, 1.807) is 0 Å². The first-order valence-electron chi connectivity index (χ1n) is 4.60. The van der Waals surface area contributed by atoms with Crippen molar-refractivity contribution in [1.29, 1.82) is 0 Å². The molecule has 1 rings (SSSR count). The maximum Gasteiger partial charge on any atom is 0.320 e. The second-order valence-corrected chi connectivity index (χ2v) is 4.15. The lowest BCUT2D eigenvalue weighted by Crippen LogP contribution is -2.32. The molecule has 17 heavy (non-hydrogen) atoms. The highest BCUT2D eigenvalue weighted by Gasteiger charge is 2.21. The Balaban J connectivity index is 3.20. The molecule has 0 radical (unpaired) electrons. The first kappa shape index (κ1) is 13.7. The molecule has 0 heterocycles. The number of methoxy groups -OCH3 is 1. The number of hydrogen-bond acceptors (Lipinski definition) is 4. The average molecular weight is 308 g/mol. The minimum atomic E-state index is -1.23. The molecule has 0 bridgehead atoms. The lowest BCUT2D eigenvalue weighted by atomic mass is 10.1. The SMILES string of the molecule is COc1c(O)cc(F)c(CC(N)C(=O)O)c1Br. The second-order valence-electron chi connectivity index (χ2n) is 3.35. The minimum Gasteiger partial charge on any atom is -0.504 e. The van der Waals surface area contributed by atoms with Gasteiger partial charge in [-0.3, -0.25) is 4.79 Å². The fourth-order valence-electron chi connectivity index (χ4n) is 1.32. The van der Waals surface area contributed by atoms with Crippen molar-refractivity contribution in [1.82, 2.24) is 0 Å². The van der Waals surface area contributed by atoms with Crippen LogP contribution in [0.1, 0.15) is 5.56 Å². The predicted octanol–water partition coefficient (Wildman–Crippen LogP) is 1.26. The lowest BCUT2D eigenvalue weighted by Gasteiger charge is -2.13. The third-order valence-electron chi connectivity index (χ3n) is 2.19. The van der Waals surface area contributed by atoms with Crippen molar-refractivity contribution in [2.75, 3.05) is 7.11 Å². The molecule has 0 saturated heterocycles. The van der Waals surface area contributed by atoms with Crippen molar-refractivity contribution < 1.29 is 24.1 Å². The molecule has 4 N–H and O–H groups in total. The van der Waals surface area contributed by atoms with Gasteiger partial charge >= 0.3 is 5.97 Å². The first-order valence-corrected chi connectivity index (χ1v) is 5.40. The lowest BCUT2D eigenvalue weighted by molar-refractivity contribution is -0.138. The Morgan fingerprint density at radius 1 is 1.71 bits per heavy atom. The molecule has 94 valence electrons. The van der Waals surface area contributed by atoms with Crippen LogP contribution in [0.25, 0.3) is 0 Å². The molecule has 5 nitrogen and oxygen atoms in total. The Bertz CT molecular complexity index is 452. The summed E-state index contributed by atoms with van der Waals surface area (Å²) >= 11 is 3.05. The Morgan fingerprint density at radius 2 is 2.29 bits per heavy atom. The quantitative estimate of drug-likeness (QED) is 0.778. The number of rotatable bonds is 4. The summed E-state index contributed by atoms with van der Waals surface area (Å²) < 4.78 is 18.6. The van der Waals surface area contributed by atoms with Crippen molar-refractivity contribution in [3.05, 3.63) is 21.9 Å². The van der Waals surface area contributed by atoms with Crippen LogP contribution in [0.3, 0.4) is 0 Å². The van der Waals surface area contributed by atoms with Crippen LogP contribution in [0.4, 0.5) is 4.39 Å². The van der Waals surface area contributed by atoms with E-state index in [9.17, 15) is 14.3 Å². The molecule has 1 aromatic rings. The Kier molecular flexibility index (Phi) is 4.30. The fraction of sp³-hybridized carbons (Fsp3) is 0.300. The normalized spacial score (nSPS) is 12.2. The maximum absolute atomic E-state index is 13.6. The molecule has 0 amide bonds. The zero-order valence-electron chi connectivity index (χ0n) is 8.91. The van der Waals surface area contributed by atoms with Gasteiger partial charge < -0.3 is 20.7 Å². The summed E-state index contributed by atoms with van der Waals surface area (Å²) in [5, 5.41) is 18.1. The Labute approximate surface area is 105 Å². The van der Waals surface area contributed by atoms with Crippen molar-refractivity contribution in [3.63, 3.8) is 0 Å². The molecule has 0 aliphatic heterocycles. The third kappa shape index (κ3) is 2.86. The molecule has 0 aromatic heterocycles. The zero-order chi connectivity index (χ0) is 13.2. The smallest absolute Gasteiger partial charge is 0.320 e. The van der Waals surface area contributed by atoms with E-state index < -0.39 is 17.8 Å². The van der Waals surface area contributed by atoms with Gasteiger partial charge in [0, 0.05) is 18.1 Å². The highest BCUT2D eigenvalue weighted by Crippen LogP contribution is 2.38. The number of carbonyl (C=O) groups is 1. The fourth-order valence-corrected chi connectivity index (χ4v) is 2.03. The highest BCUT2D eigenvalue weighted by molar-refractivity contribution is 9.10.